The second kappa shape index (κ2) is 9.07. The van der Waals surface area contributed by atoms with Gasteiger partial charge in [0.15, 0.2) is 0 Å². The van der Waals surface area contributed by atoms with Crippen molar-refractivity contribution in [2.45, 2.75) is 90.0 Å². The second-order valence-electron chi connectivity index (χ2n) is 10.9. The smallest absolute Gasteiger partial charge is 0.337 e. The zero-order chi connectivity index (χ0) is 25.0. The lowest BCUT2D eigenvalue weighted by Crippen LogP contribution is -2.46. The molecular formula is C30H35N3O3. The van der Waals surface area contributed by atoms with E-state index < -0.39 is 5.97 Å². The average Bonchev–Trinajstić information content (AvgIpc) is 3.55. The van der Waals surface area contributed by atoms with Crippen LogP contribution in [0.3, 0.4) is 0 Å². The number of aromatic amines is 1. The predicted octanol–water partition coefficient (Wildman–Crippen LogP) is 6.29. The highest BCUT2D eigenvalue weighted by molar-refractivity contribution is 5.89. The van der Waals surface area contributed by atoms with Gasteiger partial charge in [0.25, 0.3) is 0 Å². The molecule has 3 aromatic rings. The van der Waals surface area contributed by atoms with E-state index in [2.05, 4.69) is 53.1 Å². The maximum absolute atomic E-state index is 11.4. The van der Waals surface area contributed by atoms with Crippen molar-refractivity contribution in [1.82, 2.24) is 9.97 Å². The molecule has 1 aromatic carbocycles. The van der Waals surface area contributed by atoms with Gasteiger partial charge >= 0.3 is 5.97 Å². The summed E-state index contributed by atoms with van der Waals surface area (Å²) in [4.78, 5) is 22.1. The monoisotopic (exact) mass is 485 g/mol. The van der Waals surface area contributed by atoms with Crippen LogP contribution in [0.1, 0.15) is 82.9 Å². The molecule has 2 aromatic heterocycles. The third kappa shape index (κ3) is 4.11. The van der Waals surface area contributed by atoms with Crippen LogP contribution in [0.4, 0.5) is 5.82 Å². The summed E-state index contributed by atoms with van der Waals surface area (Å²) in [6.07, 6.45) is 9.19. The minimum atomic E-state index is -0.919. The van der Waals surface area contributed by atoms with E-state index in [4.69, 9.17) is 4.74 Å². The Morgan fingerprint density at radius 2 is 1.75 bits per heavy atom. The molecule has 188 valence electrons. The molecule has 1 saturated carbocycles. The summed E-state index contributed by atoms with van der Waals surface area (Å²) < 4.78 is 6.68. The number of aryl methyl sites for hydroxylation is 3. The highest BCUT2D eigenvalue weighted by Gasteiger charge is 2.42. The zero-order valence-corrected chi connectivity index (χ0v) is 21.4. The van der Waals surface area contributed by atoms with Gasteiger partial charge in [-0.15, -0.1) is 0 Å². The Balaban J connectivity index is 1.20. The van der Waals surface area contributed by atoms with Crippen LogP contribution in [0.5, 0.6) is 0 Å². The molecular weight excluding hydrogens is 450 g/mol. The number of carbonyl (C=O) groups is 1. The summed E-state index contributed by atoms with van der Waals surface area (Å²) in [6, 6.07) is 10.9. The number of fused-ring (bicyclic) bond motifs is 2. The van der Waals surface area contributed by atoms with E-state index in [1.54, 1.807) is 13.0 Å². The second-order valence-corrected chi connectivity index (χ2v) is 10.9. The van der Waals surface area contributed by atoms with Crippen molar-refractivity contribution in [1.29, 1.82) is 0 Å². The van der Waals surface area contributed by atoms with Crippen molar-refractivity contribution >= 4 is 11.8 Å². The summed E-state index contributed by atoms with van der Waals surface area (Å²) in [5, 5.41) is 9.36. The molecule has 3 fully saturated rings. The number of nitrogens with zero attached hydrogens (tertiary/aromatic N) is 2. The van der Waals surface area contributed by atoms with E-state index in [1.165, 1.54) is 46.4 Å². The molecule has 6 rings (SSSR count). The number of hydrogen-bond acceptors (Lipinski definition) is 4. The number of ether oxygens (including phenoxy) is 1. The Kier molecular flexibility index (Phi) is 5.87. The number of carboxylic acid groups (broad SMARTS) is 1. The van der Waals surface area contributed by atoms with Crippen LogP contribution < -0.4 is 4.90 Å². The maximum Gasteiger partial charge on any atom is 0.337 e. The van der Waals surface area contributed by atoms with E-state index >= 15 is 0 Å². The normalized spacial score (nSPS) is 23.3. The standard InChI is InChI=1S/C30H35N3O3/c1-17-5-4-6-18(2)28(17)25-15-31-29(20-7-8-20)26(25)16-36-23-13-21-9-10-22(14-23)33(21)27-12-11-24(30(34)35)19(3)32-27/h4-6,11-12,15,20-23,31H,7-10,13-14,16H2,1-3H3,(H,34,35). The van der Waals surface area contributed by atoms with Crippen molar-refractivity contribution in [3.05, 3.63) is 70.2 Å². The van der Waals surface area contributed by atoms with Gasteiger partial charge in [0.2, 0.25) is 0 Å². The number of aromatic nitrogens is 2. The summed E-state index contributed by atoms with van der Waals surface area (Å²) in [5.41, 5.74) is 8.81. The van der Waals surface area contributed by atoms with Gasteiger partial charge in [-0.3, -0.25) is 0 Å². The number of benzene rings is 1. The topological polar surface area (TPSA) is 78.5 Å². The fourth-order valence-corrected chi connectivity index (χ4v) is 6.58. The van der Waals surface area contributed by atoms with Crippen molar-refractivity contribution in [2.24, 2.45) is 0 Å². The summed E-state index contributed by atoms with van der Waals surface area (Å²) in [6.45, 7) is 6.83. The fourth-order valence-electron chi connectivity index (χ4n) is 6.58. The van der Waals surface area contributed by atoms with Gasteiger partial charge in [-0.05, 0) is 94.0 Å². The molecule has 0 amide bonds. The molecule has 0 spiro atoms. The number of pyridine rings is 1. The lowest BCUT2D eigenvalue weighted by atomic mass is 9.94. The first kappa shape index (κ1) is 23.3. The van der Waals surface area contributed by atoms with Crippen molar-refractivity contribution in [3.63, 3.8) is 0 Å². The van der Waals surface area contributed by atoms with Gasteiger partial charge in [0, 0.05) is 35.1 Å². The number of aromatic carboxylic acids is 1. The fraction of sp³-hybridized carbons (Fsp3) is 0.467. The molecule has 2 saturated heterocycles. The minimum Gasteiger partial charge on any atom is -0.478 e. The van der Waals surface area contributed by atoms with Gasteiger partial charge in [-0.25, -0.2) is 9.78 Å². The number of rotatable bonds is 7. The third-order valence-corrected chi connectivity index (χ3v) is 8.48. The molecule has 6 heteroatoms. The van der Waals surface area contributed by atoms with Gasteiger partial charge in [0.1, 0.15) is 5.82 Å². The van der Waals surface area contributed by atoms with Crippen LogP contribution in [0, 0.1) is 20.8 Å². The quantitative estimate of drug-likeness (QED) is 0.411. The number of hydrogen-bond donors (Lipinski definition) is 2. The van der Waals surface area contributed by atoms with Gasteiger partial charge in [-0.1, -0.05) is 18.2 Å². The summed E-state index contributed by atoms with van der Waals surface area (Å²) in [7, 11) is 0. The van der Waals surface area contributed by atoms with Gasteiger partial charge in [-0.2, -0.15) is 0 Å². The predicted molar refractivity (Wildman–Crippen MR) is 141 cm³/mol. The Hall–Kier alpha value is -3.12. The maximum atomic E-state index is 11.4. The van der Waals surface area contributed by atoms with Crippen LogP contribution in [0.25, 0.3) is 11.1 Å². The van der Waals surface area contributed by atoms with Crippen LogP contribution in [0.15, 0.2) is 36.5 Å². The summed E-state index contributed by atoms with van der Waals surface area (Å²) >= 11 is 0. The minimum absolute atomic E-state index is 0.228. The molecule has 36 heavy (non-hydrogen) atoms. The molecule has 2 unspecified atom stereocenters. The first-order chi connectivity index (χ1) is 17.4. The number of carboxylic acids is 1. The van der Waals surface area contributed by atoms with Crippen LogP contribution >= 0.6 is 0 Å². The van der Waals surface area contributed by atoms with E-state index in [0.29, 0.717) is 30.3 Å². The Labute approximate surface area is 212 Å². The Morgan fingerprint density at radius 1 is 1.06 bits per heavy atom. The summed E-state index contributed by atoms with van der Waals surface area (Å²) in [5.74, 6) is 0.627. The molecule has 2 N–H and O–H groups in total. The number of H-pyrrole nitrogens is 1. The van der Waals surface area contributed by atoms with Crippen molar-refractivity contribution in [3.8, 4) is 11.1 Å². The molecule has 6 nitrogen and oxygen atoms in total. The number of nitrogens with one attached hydrogen (secondary N) is 1. The number of piperidine rings is 1. The largest absolute Gasteiger partial charge is 0.478 e. The number of anilines is 1. The molecule has 2 atom stereocenters. The molecule has 2 aliphatic heterocycles. The van der Waals surface area contributed by atoms with Crippen LogP contribution in [-0.2, 0) is 11.3 Å². The molecule has 2 bridgehead atoms. The van der Waals surface area contributed by atoms with E-state index in [0.717, 1.165) is 31.5 Å². The molecule has 3 aliphatic rings. The molecule has 4 heterocycles. The van der Waals surface area contributed by atoms with Gasteiger partial charge in [0.05, 0.1) is 24.0 Å². The third-order valence-electron chi connectivity index (χ3n) is 8.48. The highest BCUT2D eigenvalue weighted by Crippen LogP contribution is 2.45. The van der Waals surface area contributed by atoms with Crippen LogP contribution in [-0.4, -0.2) is 39.2 Å². The first-order valence-corrected chi connectivity index (χ1v) is 13.3. The van der Waals surface area contributed by atoms with Crippen molar-refractivity contribution < 1.29 is 14.6 Å². The lowest BCUT2D eigenvalue weighted by Gasteiger charge is -2.40. The molecule has 1 aliphatic carbocycles. The Bertz CT molecular complexity index is 1270. The van der Waals surface area contributed by atoms with Crippen LogP contribution in [0.2, 0.25) is 0 Å². The van der Waals surface area contributed by atoms with E-state index in [-0.39, 0.29) is 11.7 Å². The van der Waals surface area contributed by atoms with E-state index in [9.17, 15) is 9.90 Å². The highest BCUT2D eigenvalue weighted by atomic mass is 16.5. The van der Waals surface area contributed by atoms with Crippen molar-refractivity contribution in [2.75, 3.05) is 4.90 Å². The van der Waals surface area contributed by atoms with Gasteiger partial charge < -0.3 is 19.7 Å². The molecule has 0 radical (unpaired) electrons. The van der Waals surface area contributed by atoms with E-state index in [1.807, 2.05) is 6.07 Å². The first-order valence-electron chi connectivity index (χ1n) is 13.3. The SMILES string of the molecule is Cc1cccc(C)c1-c1c[nH]c(C2CC2)c1COC1CC2CCC(C1)N2c1ccc(C(=O)O)c(C)n1. The lowest BCUT2D eigenvalue weighted by molar-refractivity contribution is 0.0149. The average molecular weight is 486 g/mol. The zero-order valence-electron chi connectivity index (χ0n) is 21.4. The Morgan fingerprint density at radius 3 is 2.36 bits per heavy atom.